The molecular weight excluding hydrogens is 476 g/mol. The van der Waals surface area contributed by atoms with E-state index in [1.54, 1.807) is 67.6 Å². The zero-order valence-electron chi connectivity index (χ0n) is 20.6. The summed E-state index contributed by atoms with van der Waals surface area (Å²) in [4.78, 5) is 39.5. The zero-order chi connectivity index (χ0) is 26.4. The van der Waals surface area contributed by atoms with Crippen molar-refractivity contribution in [3.63, 3.8) is 0 Å². The number of methoxy groups -OCH3 is 2. The Morgan fingerprint density at radius 3 is 2.46 bits per heavy atom. The maximum absolute atomic E-state index is 13.2. The highest BCUT2D eigenvalue weighted by molar-refractivity contribution is 6.16. The molecule has 190 valence electrons. The molecule has 0 fully saturated rings. The molecular formula is C28H26N2O7. The van der Waals surface area contributed by atoms with Crippen LogP contribution in [0.25, 0.3) is 6.08 Å². The third kappa shape index (κ3) is 5.72. The second-order valence-corrected chi connectivity index (χ2v) is 8.09. The Balaban J connectivity index is 1.45. The predicted octanol–water partition coefficient (Wildman–Crippen LogP) is 4.18. The number of nitrogens with zero attached hydrogens (tertiary/aromatic N) is 1. The first-order valence-corrected chi connectivity index (χ1v) is 11.4. The van der Waals surface area contributed by atoms with Crippen molar-refractivity contribution in [1.29, 1.82) is 0 Å². The molecule has 37 heavy (non-hydrogen) atoms. The molecule has 4 rings (SSSR count). The fourth-order valence-corrected chi connectivity index (χ4v) is 3.89. The number of carbonyl (C=O) groups excluding carboxylic acids is 3. The summed E-state index contributed by atoms with van der Waals surface area (Å²) in [5.74, 6) is 0.340. The molecule has 9 nitrogen and oxygen atoms in total. The van der Waals surface area contributed by atoms with Crippen LogP contribution < -0.4 is 14.8 Å². The monoisotopic (exact) mass is 502 g/mol. The summed E-state index contributed by atoms with van der Waals surface area (Å²) >= 11 is 0. The molecule has 2 heterocycles. The Hall–Kier alpha value is -4.79. The second kappa shape index (κ2) is 11.3. The van der Waals surface area contributed by atoms with Gasteiger partial charge in [0, 0.05) is 5.70 Å². The van der Waals surface area contributed by atoms with Gasteiger partial charge in [-0.2, -0.15) is 0 Å². The Morgan fingerprint density at radius 1 is 1.03 bits per heavy atom. The summed E-state index contributed by atoms with van der Waals surface area (Å²) in [5, 5.41) is 2.74. The topological polar surface area (TPSA) is 107 Å². The molecule has 0 atom stereocenters. The maximum atomic E-state index is 13.2. The van der Waals surface area contributed by atoms with Crippen LogP contribution in [0.3, 0.4) is 0 Å². The standard InChI is InChI=1S/C28H26N2O7/c1-18-26(28(33)35-3)22(27(32)30(18)16-21-7-6-14-36-21)15-19-10-12-20(13-11-19)37-17-25(31)29-23-8-4-5-9-24(23)34-2/h4-15H,16-17H2,1-3H3,(H,29,31)/b22-15-. The average molecular weight is 503 g/mol. The molecule has 0 radical (unpaired) electrons. The third-order valence-corrected chi connectivity index (χ3v) is 5.74. The van der Waals surface area contributed by atoms with Crippen LogP contribution in [-0.2, 0) is 25.7 Å². The fraction of sp³-hybridized carbons (Fsp3) is 0.179. The quantitative estimate of drug-likeness (QED) is 0.346. The average Bonchev–Trinajstić information content (AvgIpc) is 3.51. The van der Waals surface area contributed by atoms with Crippen molar-refractivity contribution in [1.82, 2.24) is 4.90 Å². The number of hydrogen-bond acceptors (Lipinski definition) is 7. The van der Waals surface area contributed by atoms with E-state index < -0.39 is 5.97 Å². The van der Waals surface area contributed by atoms with Gasteiger partial charge in [0.25, 0.3) is 11.8 Å². The molecule has 0 aliphatic carbocycles. The SMILES string of the molecule is COC(=O)C1=C(C)N(Cc2ccco2)C(=O)/C1=C\c1ccc(OCC(=O)Nc2ccccc2OC)cc1. The number of esters is 1. The number of amides is 2. The van der Waals surface area contributed by atoms with Crippen molar-refractivity contribution in [3.8, 4) is 11.5 Å². The van der Waals surface area contributed by atoms with Crippen LogP contribution in [0.5, 0.6) is 11.5 Å². The van der Waals surface area contributed by atoms with Gasteiger partial charge in [-0.1, -0.05) is 24.3 Å². The zero-order valence-corrected chi connectivity index (χ0v) is 20.6. The first-order chi connectivity index (χ1) is 17.9. The predicted molar refractivity (Wildman–Crippen MR) is 136 cm³/mol. The van der Waals surface area contributed by atoms with Gasteiger partial charge in [0.2, 0.25) is 0 Å². The van der Waals surface area contributed by atoms with E-state index in [-0.39, 0.29) is 36.1 Å². The molecule has 3 aromatic rings. The van der Waals surface area contributed by atoms with Crippen molar-refractivity contribution in [2.24, 2.45) is 0 Å². The molecule has 2 aromatic carbocycles. The van der Waals surface area contributed by atoms with Crippen LogP contribution >= 0.6 is 0 Å². The number of hydrogen-bond donors (Lipinski definition) is 1. The summed E-state index contributed by atoms with van der Waals surface area (Å²) in [6.07, 6.45) is 3.15. The summed E-state index contributed by atoms with van der Waals surface area (Å²) in [6, 6.07) is 17.4. The summed E-state index contributed by atoms with van der Waals surface area (Å²) < 4.78 is 21.1. The number of rotatable bonds is 9. The summed E-state index contributed by atoms with van der Waals surface area (Å²) in [6.45, 7) is 1.69. The van der Waals surface area contributed by atoms with Crippen LogP contribution in [0.2, 0.25) is 0 Å². The molecule has 1 aliphatic rings. The van der Waals surface area contributed by atoms with Crippen LogP contribution in [0.15, 0.2) is 88.2 Å². The number of carbonyl (C=O) groups is 3. The normalized spacial score (nSPS) is 14.2. The number of benzene rings is 2. The summed E-state index contributed by atoms with van der Waals surface area (Å²) in [7, 11) is 2.80. The number of para-hydroxylation sites is 2. The Kier molecular flexibility index (Phi) is 7.73. The molecule has 0 spiro atoms. The van der Waals surface area contributed by atoms with Gasteiger partial charge in [-0.05, 0) is 55.0 Å². The Morgan fingerprint density at radius 2 is 1.78 bits per heavy atom. The van der Waals surface area contributed by atoms with Gasteiger partial charge in [-0.25, -0.2) is 4.79 Å². The van der Waals surface area contributed by atoms with E-state index in [9.17, 15) is 14.4 Å². The number of allylic oxidation sites excluding steroid dienone is 1. The van der Waals surface area contributed by atoms with Crippen molar-refractivity contribution in [2.45, 2.75) is 13.5 Å². The molecule has 1 N–H and O–H groups in total. The van der Waals surface area contributed by atoms with Crippen LogP contribution in [-0.4, -0.2) is 43.5 Å². The van der Waals surface area contributed by atoms with E-state index >= 15 is 0 Å². The molecule has 1 aromatic heterocycles. The minimum atomic E-state index is -0.597. The molecule has 0 bridgehead atoms. The first-order valence-electron chi connectivity index (χ1n) is 11.4. The van der Waals surface area contributed by atoms with E-state index in [4.69, 9.17) is 18.6 Å². The van der Waals surface area contributed by atoms with Crippen molar-refractivity contribution >= 4 is 29.5 Å². The van der Waals surface area contributed by atoms with Gasteiger partial charge < -0.3 is 28.8 Å². The second-order valence-electron chi connectivity index (χ2n) is 8.09. The lowest BCUT2D eigenvalue weighted by atomic mass is 10.0. The maximum Gasteiger partial charge on any atom is 0.340 e. The lowest BCUT2D eigenvalue weighted by Gasteiger charge is -2.16. The van der Waals surface area contributed by atoms with Crippen LogP contribution in [0.1, 0.15) is 18.2 Å². The lowest BCUT2D eigenvalue weighted by molar-refractivity contribution is -0.136. The Bertz CT molecular complexity index is 1360. The first kappa shape index (κ1) is 25.3. The van der Waals surface area contributed by atoms with Gasteiger partial charge in [0.15, 0.2) is 6.61 Å². The van der Waals surface area contributed by atoms with Crippen LogP contribution in [0.4, 0.5) is 5.69 Å². The minimum Gasteiger partial charge on any atom is -0.495 e. The highest BCUT2D eigenvalue weighted by atomic mass is 16.5. The molecule has 2 amide bonds. The van der Waals surface area contributed by atoms with Gasteiger partial charge in [0.1, 0.15) is 17.3 Å². The number of anilines is 1. The fourth-order valence-electron chi connectivity index (χ4n) is 3.89. The largest absolute Gasteiger partial charge is 0.495 e. The van der Waals surface area contributed by atoms with E-state index in [2.05, 4.69) is 5.32 Å². The van der Waals surface area contributed by atoms with Gasteiger partial charge in [-0.15, -0.1) is 0 Å². The smallest absolute Gasteiger partial charge is 0.340 e. The van der Waals surface area contributed by atoms with E-state index in [0.717, 1.165) is 0 Å². The minimum absolute atomic E-state index is 0.194. The van der Waals surface area contributed by atoms with Gasteiger partial charge in [-0.3, -0.25) is 9.59 Å². The lowest BCUT2D eigenvalue weighted by Crippen LogP contribution is -2.24. The number of nitrogens with one attached hydrogen (secondary N) is 1. The molecule has 9 heteroatoms. The van der Waals surface area contributed by atoms with Crippen molar-refractivity contribution in [3.05, 3.63) is 95.1 Å². The molecule has 0 unspecified atom stereocenters. The number of ether oxygens (including phenoxy) is 3. The summed E-state index contributed by atoms with van der Waals surface area (Å²) in [5.41, 5.74) is 2.13. The number of furan rings is 1. The van der Waals surface area contributed by atoms with Crippen molar-refractivity contribution in [2.75, 3.05) is 26.1 Å². The van der Waals surface area contributed by atoms with Crippen molar-refractivity contribution < 1.29 is 33.0 Å². The highest BCUT2D eigenvalue weighted by Crippen LogP contribution is 2.33. The van der Waals surface area contributed by atoms with Crippen LogP contribution in [0, 0.1) is 0 Å². The molecule has 0 saturated heterocycles. The van der Waals surface area contributed by atoms with E-state index in [1.807, 2.05) is 6.07 Å². The van der Waals surface area contributed by atoms with Gasteiger partial charge >= 0.3 is 5.97 Å². The molecule has 0 saturated carbocycles. The van der Waals surface area contributed by atoms with Gasteiger partial charge in [0.05, 0.1) is 43.9 Å². The molecule has 1 aliphatic heterocycles. The van der Waals surface area contributed by atoms with E-state index in [0.29, 0.717) is 34.2 Å². The third-order valence-electron chi connectivity index (χ3n) is 5.74. The van der Waals surface area contributed by atoms with E-state index in [1.165, 1.54) is 25.4 Å². The Labute approximate surface area is 213 Å². The highest BCUT2D eigenvalue weighted by Gasteiger charge is 2.37.